The Morgan fingerprint density at radius 1 is 1.69 bits per heavy atom. The van der Waals surface area contributed by atoms with Gasteiger partial charge in [0.2, 0.25) is 0 Å². The summed E-state index contributed by atoms with van der Waals surface area (Å²) in [6.07, 6.45) is -2.50. The highest BCUT2D eigenvalue weighted by Gasteiger charge is 2.09. The lowest BCUT2D eigenvalue weighted by Crippen LogP contribution is -2.27. The minimum atomic E-state index is -2.50. The summed E-state index contributed by atoms with van der Waals surface area (Å²) in [5, 5.41) is 3.78. The number of aryl methyl sites for hydroxylation is 1. The van der Waals surface area contributed by atoms with Crippen LogP contribution in [0.4, 0.5) is 8.78 Å². The Hall–Kier alpha value is -0.970. The van der Waals surface area contributed by atoms with Gasteiger partial charge in [-0.3, -0.25) is 4.79 Å². The summed E-state index contributed by atoms with van der Waals surface area (Å²) < 4.78 is 23.4. The van der Waals surface area contributed by atoms with E-state index in [-0.39, 0.29) is 0 Å². The Bertz CT molecular complexity index is 298. The lowest BCUT2D eigenvalue weighted by molar-refractivity contribution is 0.0892. The molecule has 1 aromatic heterocycles. The Labute approximate surface area is 78.6 Å². The molecule has 1 N–H and O–H groups in total. The third-order valence-electron chi connectivity index (χ3n) is 1.41. The minimum absolute atomic E-state index is 0.440. The molecule has 0 bridgehead atoms. The van der Waals surface area contributed by atoms with Crippen molar-refractivity contribution in [2.45, 2.75) is 13.3 Å². The number of alkyl halides is 2. The lowest BCUT2D eigenvalue weighted by atomic mass is 10.3. The summed E-state index contributed by atoms with van der Waals surface area (Å²) in [6, 6.07) is 1.67. The maximum atomic E-state index is 11.7. The highest BCUT2D eigenvalue weighted by atomic mass is 32.1. The van der Waals surface area contributed by atoms with Gasteiger partial charge in [0.25, 0.3) is 12.3 Å². The van der Waals surface area contributed by atoms with Gasteiger partial charge >= 0.3 is 0 Å². The van der Waals surface area contributed by atoms with E-state index in [1.165, 1.54) is 11.3 Å². The average molecular weight is 205 g/mol. The first-order chi connectivity index (χ1) is 6.09. The van der Waals surface area contributed by atoms with Crippen LogP contribution in [0.25, 0.3) is 0 Å². The second-order valence-corrected chi connectivity index (χ2v) is 3.66. The smallest absolute Gasteiger partial charge is 0.255 e. The first-order valence-electron chi connectivity index (χ1n) is 3.71. The largest absolute Gasteiger partial charge is 0.346 e. The number of amides is 1. The summed E-state index contributed by atoms with van der Waals surface area (Å²) in [6.45, 7) is 1.27. The maximum Gasteiger partial charge on any atom is 0.255 e. The molecule has 0 spiro atoms. The lowest BCUT2D eigenvalue weighted by Gasteiger charge is -2.01. The molecule has 0 aliphatic rings. The van der Waals surface area contributed by atoms with Crippen molar-refractivity contribution in [1.29, 1.82) is 0 Å². The number of rotatable bonds is 3. The van der Waals surface area contributed by atoms with Crippen LogP contribution in [0, 0.1) is 6.92 Å². The molecule has 1 aromatic rings. The van der Waals surface area contributed by atoms with E-state index in [2.05, 4.69) is 5.32 Å². The zero-order chi connectivity index (χ0) is 9.84. The SMILES string of the molecule is Cc1cc(C(=O)NCC(F)F)cs1. The van der Waals surface area contributed by atoms with Gasteiger partial charge in [0.05, 0.1) is 12.1 Å². The van der Waals surface area contributed by atoms with Gasteiger partial charge in [-0.05, 0) is 13.0 Å². The molecular formula is C8H9F2NOS. The standard InChI is InChI=1S/C8H9F2NOS/c1-5-2-6(4-13-5)8(12)11-3-7(9)10/h2,4,7H,3H2,1H3,(H,11,12). The monoisotopic (exact) mass is 205 g/mol. The zero-order valence-electron chi connectivity index (χ0n) is 7.01. The maximum absolute atomic E-state index is 11.7. The van der Waals surface area contributed by atoms with E-state index in [0.717, 1.165) is 4.88 Å². The first-order valence-corrected chi connectivity index (χ1v) is 4.59. The summed E-state index contributed by atoms with van der Waals surface area (Å²) >= 11 is 1.42. The molecule has 0 aliphatic carbocycles. The fraction of sp³-hybridized carbons (Fsp3) is 0.375. The van der Waals surface area contributed by atoms with E-state index in [1.807, 2.05) is 6.92 Å². The van der Waals surface area contributed by atoms with Crippen LogP contribution < -0.4 is 5.32 Å². The molecule has 0 fully saturated rings. The number of hydrogen-bond donors (Lipinski definition) is 1. The van der Waals surface area contributed by atoms with Crippen molar-refractivity contribution in [2.75, 3.05) is 6.54 Å². The molecule has 2 nitrogen and oxygen atoms in total. The predicted octanol–water partition coefficient (Wildman–Crippen LogP) is 2.05. The van der Waals surface area contributed by atoms with Crippen molar-refractivity contribution in [1.82, 2.24) is 5.32 Å². The van der Waals surface area contributed by atoms with Gasteiger partial charge in [0, 0.05) is 10.3 Å². The molecule has 13 heavy (non-hydrogen) atoms. The van der Waals surface area contributed by atoms with E-state index in [1.54, 1.807) is 11.4 Å². The highest BCUT2D eigenvalue weighted by molar-refractivity contribution is 7.10. The molecule has 0 saturated carbocycles. The molecule has 0 atom stereocenters. The molecule has 0 radical (unpaired) electrons. The van der Waals surface area contributed by atoms with Crippen LogP contribution in [0.5, 0.6) is 0 Å². The topological polar surface area (TPSA) is 29.1 Å². The van der Waals surface area contributed by atoms with E-state index < -0.39 is 18.9 Å². The van der Waals surface area contributed by atoms with Gasteiger partial charge in [-0.25, -0.2) is 8.78 Å². The molecule has 0 aliphatic heterocycles. The van der Waals surface area contributed by atoms with E-state index in [4.69, 9.17) is 0 Å². The fourth-order valence-electron chi connectivity index (χ4n) is 0.834. The van der Waals surface area contributed by atoms with E-state index in [0.29, 0.717) is 5.56 Å². The number of nitrogens with one attached hydrogen (secondary N) is 1. The van der Waals surface area contributed by atoms with Gasteiger partial charge in [0.15, 0.2) is 0 Å². The van der Waals surface area contributed by atoms with Crippen molar-refractivity contribution in [3.8, 4) is 0 Å². The molecule has 72 valence electrons. The van der Waals surface area contributed by atoms with Crippen molar-refractivity contribution < 1.29 is 13.6 Å². The molecule has 0 aromatic carbocycles. The van der Waals surface area contributed by atoms with Gasteiger partial charge in [-0.15, -0.1) is 11.3 Å². The van der Waals surface area contributed by atoms with E-state index in [9.17, 15) is 13.6 Å². The number of hydrogen-bond acceptors (Lipinski definition) is 2. The summed E-state index contributed by atoms with van der Waals surface area (Å²) in [4.78, 5) is 12.1. The van der Waals surface area contributed by atoms with Crippen LogP contribution in [0.15, 0.2) is 11.4 Å². The third kappa shape index (κ3) is 3.10. The summed E-state index contributed by atoms with van der Waals surface area (Å²) in [5.74, 6) is -0.440. The highest BCUT2D eigenvalue weighted by Crippen LogP contribution is 2.12. The van der Waals surface area contributed by atoms with Crippen LogP contribution in [0.1, 0.15) is 15.2 Å². The van der Waals surface area contributed by atoms with Crippen LogP contribution in [-0.2, 0) is 0 Å². The third-order valence-corrected chi connectivity index (χ3v) is 2.27. The Morgan fingerprint density at radius 2 is 2.38 bits per heavy atom. The molecule has 0 unspecified atom stereocenters. The Kier molecular flexibility index (Phi) is 3.36. The quantitative estimate of drug-likeness (QED) is 0.804. The molecule has 1 heterocycles. The second kappa shape index (κ2) is 4.32. The molecular weight excluding hydrogens is 196 g/mol. The molecule has 1 rings (SSSR count). The molecule has 1 amide bonds. The van der Waals surface area contributed by atoms with Crippen molar-refractivity contribution in [3.63, 3.8) is 0 Å². The van der Waals surface area contributed by atoms with Crippen LogP contribution in [0.2, 0.25) is 0 Å². The van der Waals surface area contributed by atoms with Crippen molar-refractivity contribution >= 4 is 17.2 Å². The van der Waals surface area contributed by atoms with Crippen LogP contribution in [-0.4, -0.2) is 18.9 Å². The normalized spacial score (nSPS) is 10.5. The number of carbonyl (C=O) groups is 1. The van der Waals surface area contributed by atoms with Crippen LogP contribution in [0.3, 0.4) is 0 Å². The first kappa shape index (κ1) is 10.1. The number of halogens is 2. The number of thiophene rings is 1. The van der Waals surface area contributed by atoms with Gasteiger partial charge in [0.1, 0.15) is 0 Å². The molecule has 5 heteroatoms. The second-order valence-electron chi connectivity index (χ2n) is 2.55. The van der Waals surface area contributed by atoms with Crippen molar-refractivity contribution in [3.05, 3.63) is 21.9 Å². The van der Waals surface area contributed by atoms with Gasteiger partial charge < -0.3 is 5.32 Å². The van der Waals surface area contributed by atoms with Crippen LogP contribution >= 0.6 is 11.3 Å². The Morgan fingerprint density at radius 3 is 2.85 bits per heavy atom. The summed E-state index contributed by atoms with van der Waals surface area (Å²) in [7, 11) is 0. The zero-order valence-corrected chi connectivity index (χ0v) is 7.83. The molecule has 0 saturated heterocycles. The fourth-order valence-corrected chi connectivity index (χ4v) is 1.52. The summed E-state index contributed by atoms with van der Waals surface area (Å²) in [5.41, 5.74) is 0.447. The van der Waals surface area contributed by atoms with E-state index >= 15 is 0 Å². The Balaban J connectivity index is 2.49. The van der Waals surface area contributed by atoms with Crippen molar-refractivity contribution in [2.24, 2.45) is 0 Å². The average Bonchev–Trinajstić information content (AvgIpc) is 2.47. The predicted molar refractivity (Wildman–Crippen MR) is 47.4 cm³/mol. The minimum Gasteiger partial charge on any atom is -0.346 e. The number of carbonyl (C=O) groups excluding carboxylic acids is 1. The van der Waals surface area contributed by atoms with Gasteiger partial charge in [-0.1, -0.05) is 0 Å². The van der Waals surface area contributed by atoms with Gasteiger partial charge in [-0.2, -0.15) is 0 Å².